The van der Waals surface area contributed by atoms with Crippen molar-refractivity contribution in [2.75, 3.05) is 12.3 Å². The van der Waals surface area contributed by atoms with Crippen molar-refractivity contribution in [1.29, 1.82) is 0 Å². The van der Waals surface area contributed by atoms with Crippen LogP contribution in [0.5, 0.6) is 0 Å². The summed E-state index contributed by atoms with van der Waals surface area (Å²) in [6.07, 6.45) is 0.293. The van der Waals surface area contributed by atoms with Gasteiger partial charge in [0.15, 0.2) is 5.60 Å². The fraction of sp³-hybridized carbons (Fsp3) is 0.615. The summed E-state index contributed by atoms with van der Waals surface area (Å²) in [5.41, 5.74) is 4.78. The monoisotopic (exact) mass is 285 g/mol. The summed E-state index contributed by atoms with van der Waals surface area (Å²) < 4.78 is 10.9. The molecule has 5 nitrogen and oxygen atoms in total. The zero-order valence-electron chi connectivity index (χ0n) is 11.4. The molecule has 0 bridgehead atoms. The van der Waals surface area contributed by atoms with Crippen LogP contribution in [0.4, 0.5) is 5.00 Å². The molecule has 19 heavy (non-hydrogen) atoms. The van der Waals surface area contributed by atoms with Crippen molar-refractivity contribution in [1.82, 2.24) is 0 Å². The molecule has 0 radical (unpaired) electrons. The predicted octanol–water partition coefficient (Wildman–Crippen LogP) is 1.48. The fourth-order valence-corrected chi connectivity index (χ4v) is 2.86. The van der Waals surface area contributed by atoms with E-state index in [0.717, 1.165) is 10.4 Å². The Hall–Kier alpha value is -1.11. The highest BCUT2D eigenvalue weighted by Gasteiger charge is 2.45. The molecule has 0 aromatic carbocycles. The highest BCUT2D eigenvalue weighted by Crippen LogP contribution is 2.36. The van der Waals surface area contributed by atoms with Gasteiger partial charge in [-0.25, -0.2) is 4.79 Å². The van der Waals surface area contributed by atoms with Gasteiger partial charge in [-0.1, -0.05) is 0 Å². The number of esters is 1. The number of nitrogen functional groups attached to an aromatic ring is 1. The minimum Gasteiger partial charge on any atom is -0.458 e. The van der Waals surface area contributed by atoms with Crippen LogP contribution in [-0.2, 0) is 27.3 Å². The first-order chi connectivity index (χ1) is 8.76. The molecule has 0 fully saturated rings. The molecule has 0 amide bonds. The van der Waals surface area contributed by atoms with E-state index in [1.165, 1.54) is 11.3 Å². The third-order valence-corrected chi connectivity index (χ3v) is 3.88. The van der Waals surface area contributed by atoms with Gasteiger partial charge in [-0.3, -0.25) is 0 Å². The second-order valence-corrected chi connectivity index (χ2v) is 6.89. The van der Waals surface area contributed by atoms with Crippen LogP contribution in [0.1, 0.15) is 31.2 Å². The Morgan fingerprint density at radius 1 is 1.63 bits per heavy atom. The van der Waals surface area contributed by atoms with Crippen LogP contribution in [0, 0.1) is 0 Å². The lowest BCUT2D eigenvalue weighted by Crippen LogP contribution is -2.51. The average molecular weight is 285 g/mol. The first kappa shape index (κ1) is 14.3. The van der Waals surface area contributed by atoms with Crippen molar-refractivity contribution in [3.05, 3.63) is 16.5 Å². The molecule has 1 aliphatic heterocycles. The third-order valence-electron chi connectivity index (χ3n) is 2.90. The zero-order chi connectivity index (χ0) is 14.3. The molecule has 0 saturated heterocycles. The average Bonchev–Trinajstić information content (AvgIpc) is 2.65. The number of fused-ring (bicyclic) bond motifs is 1. The first-order valence-electron chi connectivity index (χ1n) is 6.11. The maximum Gasteiger partial charge on any atom is 0.341 e. The molecule has 0 saturated carbocycles. The first-order valence-corrected chi connectivity index (χ1v) is 6.93. The van der Waals surface area contributed by atoms with Crippen LogP contribution in [0.2, 0.25) is 0 Å². The van der Waals surface area contributed by atoms with Crippen LogP contribution in [0.3, 0.4) is 0 Å². The molecule has 1 aromatic rings. The number of nitrogens with two attached hydrogens (primary N) is 1. The summed E-state index contributed by atoms with van der Waals surface area (Å²) in [4.78, 5) is 13.3. The second-order valence-electron chi connectivity index (χ2n) is 5.72. The molecule has 2 rings (SSSR count). The largest absolute Gasteiger partial charge is 0.458 e. The lowest BCUT2D eigenvalue weighted by Gasteiger charge is -2.35. The van der Waals surface area contributed by atoms with Gasteiger partial charge in [-0.15, -0.1) is 11.3 Å². The smallest absolute Gasteiger partial charge is 0.341 e. The fourth-order valence-electron chi connectivity index (χ4n) is 1.99. The van der Waals surface area contributed by atoms with Crippen molar-refractivity contribution in [2.45, 2.75) is 45.0 Å². The summed E-state index contributed by atoms with van der Waals surface area (Å²) in [7, 11) is 0. The van der Waals surface area contributed by atoms with Crippen molar-refractivity contribution >= 4 is 22.3 Å². The van der Waals surface area contributed by atoms with E-state index in [4.69, 9.17) is 15.2 Å². The topological polar surface area (TPSA) is 81.8 Å². The normalized spacial score (nSPS) is 22.9. The molecule has 1 aromatic heterocycles. The van der Waals surface area contributed by atoms with Gasteiger partial charge < -0.3 is 20.3 Å². The zero-order valence-corrected chi connectivity index (χ0v) is 12.2. The summed E-state index contributed by atoms with van der Waals surface area (Å²) in [5.74, 6) is -0.530. The molecule has 6 heteroatoms. The third kappa shape index (κ3) is 2.91. The van der Waals surface area contributed by atoms with Crippen molar-refractivity contribution in [2.24, 2.45) is 0 Å². The lowest BCUT2D eigenvalue weighted by molar-refractivity contribution is -0.193. The SMILES string of the molecule is CC(C)(C)OC(=O)C1(CO)Cc2cc(N)sc2CO1. The Bertz CT molecular complexity index is 491. The Balaban J connectivity index is 2.23. The molecular weight excluding hydrogens is 266 g/mol. The van der Waals surface area contributed by atoms with Crippen LogP contribution in [0.25, 0.3) is 0 Å². The van der Waals surface area contributed by atoms with Crippen LogP contribution < -0.4 is 5.73 Å². The number of carbonyl (C=O) groups excluding carboxylic acids is 1. The number of ether oxygens (including phenoxy) is 2. The van der Waals surface area contributed by atoms with Gasteiger partial charge in [0, 0.05) is 11.3 Å². The lowest BCUT2D eigenvalue weighted by atomic mass is 9.92. The summed E-state index contributed by atoms with van der Waals surface area (Å²) in [6.45, 7) is 5.22. The van der Waals surface area contributed by atoms with E-state index in [-0.39, 0.29) is 6.61 Å². The number of carbonyl (C=O) groups is 1. The quantitative estimate of drug-likeness (QED) is 0.804. The number of aliphatic hydroxyl groups is 1. The van der Waals surface area contributed by atoms with Crippen LogP contribution in [0.15, 0.2) is 6.07 Å². The van der Waals surface area contributed by atoms with Gasteiger partial charge in [0.25, 0.3) is 0 Å². The summed E-state index contributed by atoms with van der Waals surface area (Å²) >= 11 is 1.45. The van der Waals surface area contributed by atoms with Gasteiger partial charge in [0.2, 0.25) is 0 Å². The maximum atomic E-state index is 12.2. The molecule has 2 heterocycles. The number of hydrogen-bond acceptors (Lipinski definition) is 6. The number of anilines is 1. The van der Waals surface area contributed by atoms with Gasteiger partial charge in [0.1, 0.15) is 5.60 Å². The molecule has 1 aliphatic rings. The van der Waals surface area contributed by atoms with Crippen LogP contribution in [-0.4, -0.2) is 28.9 Å². The molecule has 0 aliphatic carbocycles. The number of rotatable bonds is 2. The van der Waals surface area contributed by atoms with E-state index < -0.39 is 23.8 Å². The van der Waals surface area contributed by atoms with E-state index in [2.05, 4.69) is 0 Å². The molecule has 3 N–H and O–H groups in total. The van der Waals surface area contributed by atoms with E-state index >= 15 is 0 Å². The Kier molecular flexibility index (Phi) is 3.59. The maximum absolute atomic E-state index is 12.2. The Morgan fingerprint density at radius 3 is 2.89 bits per heavy atom. The summed E-state index contributed by atoms with van der Waals surface area (Å²) in [5, 5.41) is 10.3. The Labute approximate surface area is 116 Å². The van der Waals surface area contributed by atoms with Gasteiger partial charge in [0.05, 0.1) is 18.2 Å². The minimum atomic E-state index is -1.31. The minimum absolute atomic E-state index is 0.275. The molecule has 1 atom stereocenters. The Morgan fingerprint density at radius 2 is 2.32 bits per heavy atom. The van der Waals surface area contributed by atoms with E-state index in [1.54, 1.807) is 20.8 Å². The van der Waals surface area contributed by atoms with Crippen molar-refractivity contribution in [3.63, 3.8) is 0 Å². The molecule has 0 spiro atoms. The molecule has 106 valence electrons. The standard InChI is InChI=1S/C13H19NO4S/c1-12(2,3)18-11(16)13(7-15)5-8-4-10(14)19-9(8)6-17-13/h4,15H,5-7,14H2,1-3H3. The van der Waals surface area contributed by atoms with Gasteiger partial charge >= 0.3 is 5.97 Å². The highest BCUT2D eigenvalue weighted by atomic mass is 32.1. The van der Waals surface area contributed by atoms with E-state index in [1.807, 2.05) is 6.07 Å². The number of aliphatic hydroxyl groups excluding tert-OH is 1. The van der Waals surface area contributed by atoms with Gasteiger partial charge in [-0.2, -0.15) is 0 Å². The summed E-state index contributed by atoms with van der Waals surface area (Å²) in [6, 6.07) is 1.83. The molecule has 1 unspecified atom stereocenters. The van der Waals surface area contributed by atoms with Gasteiger partial charge in [-0.05, 0) is 32.4 Å². The van der Waals surface area contributed by atoms with Crippen molar-refractivity contribution in [3.8, 4) is 0 Å². The van der Waals surface area contributed by atoms with E-state index in [9.17, 15) is 9.90 Å². The highest BCUT2D eigenvalue weighted by molar-refractivity contribution is 7.16. The van der Waals surface area contributed by atoms with E-state index in [0.29, 0.717) is 11.4 Å². The second kappa shape index (κ2) is 4.77. The predicted molar refractivity (Wildman–Crippen MR) is 72.9 cm³/mol. The van der Waals surface area contributed by atoms with Crippen molar-refractivity contribution < 1.29 is 19.4 Å². The molecular formula is C13H19NO4S. The van der Waals surface area contributed by atoms with Crippen LogP contribution >= 0.6 is 11.3 Å². The number of thiophene rings is 1. The number of hydrogen-bond donors (Lipinski definition) is 2.